The van der Waals surface area contributed by atoms with Crippen LogP contribution in [0.5, 0.6) is 5.75 Å². The lowest BCUT2D eigenvalue weighted by Crippen LogP contribution is -2.18. The highest BCUT2D eigenvalue weighted by Crippen LogP contribution is 2.26. The molecule has 0 aliphatic carbocycles. The summed E-state index contributed by atoms with van der Waals surface area (Å²) in [6.45, 7) is 2.50. The summed E-state index contributed by atoms with van der Waals surface area (Å²) < 4.78 is 6.58. The van der Waals surface area contributed by atoms with Crippen molar-refractivity contribution in [2.24, 2.45) is 5.10 Å². The molecule has 0 saturated carbocycles. The molecular formula is C20H17IN2O2. The van der Waals surface area contributed by atoms with Crippen LogP contribution in [0.4, 0.5) is 0 Å². The first-order valence-electron chi connectivity index (χ1n) is 7.93. The predicted octanol–water partition coefficient (Wildman–Crippen LogP) is 4.61. The van der Waals surface area contributed by atoms with E-state index in [-0.39, 0.29) is 5.91 Å². The summed E-state index contributed by atoms with van der Waals surface area (Å²) in [6, 6.07) is 19.3. The van der Waals surface area contributed by atoms with Gasteiger partial charge in [-0.1, -0.05) is 42.5 Å². The van der Waals surface area contributed by atoms with Crippen molar-refractivity contribution < 1.29 is 9.53 Å². The standard InChI is InChI=1S/C20H17IN2O2/c1-2-25-19-12-11-14-7-3-4-8-15(14)17(19)13-22-23-20(24)16-9-5-6-10-18(16)21/h3-13H,2H2,1H3,(H,23,24). The minimum Gasteiger partial charge on any atom is -0.493 e. The molecule has 0 radical (unpaired) electrons. The molecule has 0 fully saturated rings. The Labute approximate surface area is 160 Å². The highest BCUT2D eigenvalue weighted by molar-refractivity contribution is 14.1. The average molecular weight is 444 g/mol. The number of hydrazone groups is 1. The third kappa shape index (κ3) is 3.99. The Morgan fingerprint density at radius 2 is 1.88 bits per heavy atom. The number of carbonyl (C=O) groups excluding carboxylic acids is 1. The van der Waals surface area contributed by atoms with E-state index in [9.17, 15) is 4.79 Å². The molecule has 3 aromatic rings. The highest BCUT2D eigenvalue weighted by atomic mass is 127. The summed E-state index contributed by atoms with van der Waals surface area (Å²) in [4.78, 5) is 12.3. The molecule has 1 N–H and O–H groups in total. The Hall–Kier alpha value is -2.41. The first kappa shape index (κ1) is 17.4. The van der Waals surface area contributed by atoms with Crippen LogP contribution in [-0.4, -0.2) is 18.7 Å². The summed E-state index contributed by atoms with van der Waals surface area (Å²) >= 11 is 2.13. The minimum absolute atomic E-state index is 0.237. The van der Waals surface area contributed by atoms with Gasteiger partial charge in [-0.2, -0.15) is 5.10 Å². The summed E-state index contributed by atoms with van der Waals surface area (Å²) in [7, 11) is 0. The van der Waals surface area contributed by atoms with E-state index in [2.05, 4.69) is 33.1 Å². The molecule has 0 heterocycles. The predicted molar refractivity (Wildman–Crippen MR) is 109 cm³/mol. The number of hydrogen-bond donors (Lipinski definition) is 1. The quantitative estimate of drug-likeness (QED) is 0.355. The maximum atomic E-state index is 12.3. The van der Waals surface area contributed by atoms with Crippen LogP contribution < -0.4 is 10.2 Å². The molecular weight excluding hydrogens is 427 g/mol. The van der Waals surface area contributed by atoms with Crippen LogP contribution >= 0.6 is 22.6 Å². The van der Waals surface area contributed by atoms with Crippen molar-refractivity contribution in [2.75, 3.05) is 6.61 Å². The smallest absolute Gasteiger partial charge is 0.272 e. The van der Waals surface area contributed by atoms with Crippen LogP contribution in [0.25, 0.3) is 10.8 Å². The Morgan fingerprint density at radius 3 is 2.68 bits per heavy atom. The lowest BCUT2D eigenvalue weighted by atomic mass is 10.0. The van der Waals surface area contributed by atoms with Gasteiger partial charge in [0.2, 0.25) is 0 Å². The first-order valence-corrected chi connectivity index (χ1v) is 9.01. The largest absolute Gasteiger partial charge is 0.493 e. The van der Waals surface area contributed by atoms with Crippen LogP contribution in [0, 0.1) is 3.57 Å². The fourth-order valence-corrected chi connectivity index (χ4v) is 3.18. The molecule has 5 heteroatoms. The van der Waals surface area contributed by atoms with Crippen molar-refractivity contribution in [3.8, 4) is 5.75 Å². The van der Waals surface area contributed by atoms with Crippen molar-refractivity contribution in [3.05, 3.63) is 75.4 Å². The van der Waals surface area contributed by atoms with Crippen molar-refractivity contribution in [1.82, 2.24) is 5.43 Å². The Balaban J connectivity index is 1.89. The maximum absolute atomic E-state index is 12.3. The van der Waals surface area contributed by atoms with Gasteiger partial charge in [-0.3, -0.25) is 4.79 Å². The second kappa shape index (κ2) is 8.11. The molecule has 1 amide bonds. The van der Waals surface area contributed by atoms with E-state index >= 15 is 0 Å². The number of halogens is 1. The molecule has 3 rings (SSSR count). The van der Waals surface area contributed by atoms with Gasteiger partial charge in [-0.25, -0.2) is 5.43 Å². The average Bonchev–Trinajstić information content (AvgIpc) is 2.63. The number of fused-ring (bicyclic) bond motifs is 1. The van der Waals surface area contributed by atoms with Gasteiger partial charge in [-0.15, -0.1) is 0 Å². The molecule has 3 aromatic carbocycles. The van der Waals surface area contributed by atoms with Crippen molar-refractivity contribution in [1.29, 1.82) is 0 Å². The topological polar surface area (TPSA) is 50.7 Å². The number of nitrogens with zero attached hydrogens (tertiary/aromatic N) is 1. The second-order valence-electron chi connectivity index (χ2n) is 5.31. The molecule has 0 atom stereocenters. The van der Waals surface area contributed by atoms with Gasteiger partial charge >= 0.3 is 0 Å². The van der Waals surface area contributed by atoms with E-state index in [1.54, 1.807) is 12.3 Å². The highest BCUT2D eigenvalue weighted by Gasteiger charge is 2.09. The number of benzene rings is 3. The molecule has 4 nitrogen and oxygen atoms in total. The molecule has 126 valence electrons. The minimum atomic E-state index is -0.237. The summed E-state index contributed by atoms with van der Waals surface area (Å²) in [5, 5.41) is 6.27. The number of amides is 1. The molecule has 0 saturated heterocycles. The molecule has 25 heavy (non-hydrogen) atoms. The molecule has 0 bridgehead atoms. The van der Waals surface area contributed by atoms with Gasteiger partial charge in [0.1, 0.15) is 5.75 Å². The van der Waals surface area contributed by atoms with Crippen LogP contribution in [0.15, 0.2) is 65.8 Å². The SMILES string of the molecule is CCOc1ccc2ccccc2c1C=NNC(=O)c1ccccc1I. The lowest BCUT2D eigenvalue weighted by Gasteiger charge is -2.10. The van der Waals surface area contributed by atoms with E-state index in [4.69, 9.17) is 4.74 Å². The maximum Gasteiger partial charge on any atom is 0.272 e. The van der Waals surface area contributed by atoms with E-state index in [0.717, 1.165) is 25.7 Å². The normalized spacial score (nSPS) is 11.0. The Morgan fingerprint density at radius 1 is 1.12 bits per heavy atom. The molecule has 0 aromatic heterocycles. The van der Waals surface area contributed by atoms with Crippen molar-refractivity contribution >= 4 is 45.5 Å². The summed E-state index contributed by atoms with van der Waals surface area (Å²) in [6.07, 6.45) is 1.64. The van der Waals surface area contributed by atoms with Gasteiger partial charge in [0.05, 0.1) is 18.4 Å². The number of rotatable bonds is 5. The van der Waals surface area contributed by atoms with E-state index in [1.807, 2.05) is 61.5 Å². The fraction of sp³-hybridized carbons (Fsp3) is 0.100. The van der Waals surface area contributed by atoms with E-state index in [1.165, 1.54) is 0 Å². The zero-order valence-corrected chi connectivity index (χ0v) is 15.9. The third-order valence-corrected chi connectivity index (χ3v) is 4.65. The fourth-order valence-electron chi connectivity index (χ4n) is 2.55. The number of carbonyl (C=O) groups is 1. The number of ether oxygens (including phenoxy) is 1. The van der Waals surface area contributed by atoms with Crippen LogP contribution in [0.3, 0.4) is 0 Å². The molecule has 0 aliphatic heterocycles. The van der Waals surface area contributed by atoms with Crippen LogP contribution in [-0.2, 0) is 0 Å². The van der Waals surface area contributed by atoms with Crippen molar-refractivity contribution in [2.45, 2.75) is 6.92 Å². The monoisotopic (exact) mass is 444 g/mol. The van der Waals surface area contributed by atoms with Crippen LogP contribution in [0.1, 0.15) is 22.8 Å². The number of nitrogens with one attached hydrogen (secondary N) is 1. The molecule has 0 aliphatic rings. The summed E-state index contributed by atoms with van der Waals surface area (Å²) in [5.74, 6) is 0.507. The van der Waals surface area contributed by atoms with E-state index in [0.29, 0.717) is 12.2 Å². The zero-order valence-electron chi connectivity index (χ0n) is 13.7. The number of hydrogen-bond acceptors (Lipinski definition) is 3. The van der Waals surface area contributed by atoms with Gasteiger partial charge in [0.15, 0.2) is 0 Å². The van der Waals surface area contributed by atoms with E-state index < -0.39 is 0 Å². The van der Waals surface area contributed by atoms with Gasteiger partial charge in [0, 0.05) is 9.13 Å². The van der Waals surface area contributed by atoms with Crippen LogP contribution in [0.2, 0.25) is 0 Å². The first-order chi connectivity index (χ1) is 12.2. The van der Waals surface area contributed by atoms with Crippen molar-refractivity contribution in [3.63, 3.8) is 0 Å². The summed E-state index contributed by atoms with van der Waals surface area (Å²) in [5.41, 5.74) is 4.04. The lowest BCUT2D eigenvalue weighted by molar-refractivity contribution is 0.0954. The third-order valence-electron chi connectivity index (χ3n) is 3.71. The molecule has 0 spiro atoms. The van der Waals surface area contributed by atoms with Gasteiger partial charge in [0.25, 0.3) is 5.91 Å². The van der Waals surface area contributed by atoms with Gasteiger partial charge in [-0.05, 0) is 58.5 Å². The second-order valence-corrected chi connectivity index (χ2v) is 6.47. The molecule has 0 unspecified atom stereocenters. The Bertz CT molecular complexity index is 938. The Kier molecular flexibility index (Phi) is 5.65. The zero-order chi connectivity index (χ0) is 17.6. The van der Waals surface area contributed by atoms with Gasteiger partial charge < -0.3 is 4.74 Å².